The number of nitrogens with zero attached hydrogens (tertiary/aromatic N) is 5. The molecule has 7 N–H and O–H groups in total. The molecule has 2 aromatic heterocycles. The Morgan fingerprint density at radius 2 is 1.67 bits per heavy atom. The third-order valence-corrected chi connectivity index (χ3v) is 8.82. The molecule has 0 unspecified atom stereocenters. The maximum Gasteiger partial charge on any atom is 0.270 e. The van der Waals surface area contributed by atoms with Crippen molar-refractivity contribution in [3.8, 4) is 22.5 Å². The van der Waals surface area contributed by atoms with Gasteiger partial charge in [0.25, 0.3) is 5.91 Å². The van der Waals surface area contributed by atoms with Gasteiger partial charge in [-0.1, -0.05) is 30.3 Å². The average molecular weight is 676 g/mol. The highest BCUT2D eigenvalue weighted by molar-refractivity contribution is 6.02. The van der Waals surface area contributed by atoms with E-state index in [1.807, 2.05) is 37.3 Å². The van der Waals surface area contributed by atoms with Crippen molar-refractivity contribution >= 4 is 35.8 Å². The zero-order valence-electron chi connectivity index (χ0n) is 27.0. The normalized spacial score (nSPS) is 17.1. The maximum absolute atomic E-state index is 14.2. The van der Waals surface area contributed by atoms with E-state index >= 15 is 0 Å². The molecule has 13 nitrogen and oxygen atoms in total. The molecule has 4 aromatic rings. The van der Waals surface area contributed by atoms with Crippen LogP contribution in [0.25, 0.3) is 22.5 Å². The first-order valence-corrected chi connectivity index (χ1v) is 15.8. The highest BCUT2D eigenvalue weighted by Crippen LogP contribution is 2.33. The van der Waals surface area contributed by atoms with Crippen molar-refractivity contribution in [1.82, 2.24) is 30.9 Å². The molecule has 14 heteroatoms. The number of aliphatic hydroxyl groups excluding tert-OH is 1. The molecule has 5 rings (SSSR count). The number of aromatic amines is 1. The molecule has 1 saturated carbocycles. The number of aryl methyl sites for hydroxylation is 1. The van der Waals surface area contributed by atoms with Crippen molar-refractivity contribution in [1.29, 1.82) is 0 Å². The summed E-state index contributed by atoms with van der Waals surface area (Å²) in [6, 6.07) is 17.0. The van der Waals surface area contributed by atoms with E-state index in [1.165, 1.54) is 0 Å². The third kappa shape index (κ3) is 8.40. The van der Waals surface area contributed by atoms with Gasteiger partial charge in [0, 0.05) is 40.9 Å². The van der Waals surface area contributed by atoms with Gasteiger partial charge in [-0.25, -0.2) is 4.98 Å². The summed E-state index contributed by atoms with van der Waals surface area (Å²) >= 11 is 0. The topological polar surface area (TPSA) is 206 Å². The number of tetrazole rings is 1. The molecular weight excluding hydrogens is 634 g/mol. The summed E-state index contributed by atoms with van der Waals surface area (Å²) in [5, 5.41) is 26.0. The van der Waals surface area contributed by atoms with Gasteiger partial charge in [-0.3, -0.25) is 19.3 Å². The summed E-state index contributed by atoms with van der Waals surface area (Å²) in [4.78, 5) is 45.7. The Morgan fingerprint density at radius 3 is 2.23 bits per heavy atom. The molecule has 0 spiro atoms. The van der Waals surface area contributed by atoms with E-state index in [9.17, 15) is 19.5 Å². The van der Waals surface area contributed by atoms with E-state index in [-0.39, 0.29) is 54.9 Å². The Morgan fingerprint density at radius 1 is 1.00 bits per heavy atom. The van der Waals surface area contributed by atoms with Gasteiger partial charge in [-0.2, -0.15) is 5.21 Å². The van der Waals surface area contributed by atoms with Crippen molar-refractivity contribution in [2.75, 3.05) is 18.1 Å². The summed E-state index contributed by atoms with van der Waals surface area (Å²) in [6.45, 7) is 3.97. The van der Waals surface area contributed by atoms with E-state index in [0.29, 0.717) is 48.1 Å². The average Bonchev–Trinajstić information content (AvgIpc) is 3.64. The SMILES string of the molecule is Cc1nc(C(=O)N[C@H](C)CO)ccc1-c1ccc(C[C@@H](C(N)=O)N(c2ccc(-c3nn[nH]n3)cc2)C(=O)[C@H]2CC[C@H](CN)CC2)cc1.Cl. The minimum absolute atomic E-state index is 0. The first-order valence-electron chi connectivity index (χ1n) is 15.8. The second kappa shape index (κ2) is 16.4. The third-order valence-electron chi connectivity index (χ3n) is 8.82. The Kier molecular flexibility index (Phi) is 12.3. The molecule has 2 aromatic carbocycles. The first kappa shape index (κ1) is 36.1. The number of benzene rings is 2. The number of aromatic nitrogens is 5. The lowest BCUT2D eigenvalue weighted by Gasteiger charge is -2.35. The van der Waals surface area contributed by atoms with Crippen LogP contribution in [0.3, 0.4) is 0 Å². The highest BCUT2D eigenvalue weighted by Gasteiger charge is 2.36. The lowest BCUT2D eigenvalue weighted by Crippen LogP contribution is -2.52. The van der Waals surface area contributed by atoms with E-state index in [2.05, 4.69) is 30.9 Å². The molecule has 2 atom stereocenters. The predicted octanol–water partition coefficient (Wildman–Crippen LogP) is 2.96. The van der Waals surface area contributed by atoms with Gasteiger partial charge >= 0.3 is 0 Å². The first-order chi connectivity index (χ1) is 22.7. The van der Waals surface area contributed by atoms with Crippen molar-refractivity contribution in [3.63, 3.8) is 0 Å². The number of pyridine rings is 1. The summed E-state index contributed by atoms with van der Waals surface area (Å²) in [6.07, 6.45) is 3.34. The zero-order chi connectivity index (χ0) is 33.5. The minimum Gasteiger partial charge on any atom is -0.394 e. The number of hydrogen-bond donors (Lipinski definition) is 5. The van der Waals surface area contributed by atoms with Crippen molar-refractivity contribution < 1.29 is 19.5 Å². The van der Waals surface area contributed by atoms with Crippen molar-refractivity contribution in [3.05, 3.63) is 77.6 Å². The molecular formula is C34H42ClN9O4. The van der Waals surface area contributed by atoms with Gasteiger partial charge < -0.3 is 21.9 Å². The van der Waals surface area contributed by atoms with E-state index in [0.717, 1.165) is 29.5 Å². The zero-order valence-corrected chi connectivity index (χ0v) is 27.8. The lowest BCUT2D eigenvalue weighted by atomic mass is 9.81. The second-order valence-corrected chi connectivity index (χ2v) is 12.1. The molecule has 0 saturated heterocycles. The van der Waals surface area contributed by atoms with Gasteiger partial charge in [-0.05, 0) is 98.7 Å². The Hall–Kier alpha value is -4.72. The standard InChI is InChI=1S/C34H41N9O4.ClH/c1-20(19-44)37-33(46)29-16-15-28(21(2)38-29)24-7-3-22(4-8-24)17-30(31(36)45)43(34(47)26-9-5-23(18-35)6-10-26)27-13-11-25(12-14-27)32-39-41-42-40-32;/h3-4,7-8,11-16,20,23,26,30,44H,5-6,9-10,17-19,35H2,1-2H3,(H2,36,45)(H,37,46)(H,39,40,41,42);1H/t20-,23-,26-,30+;/m1./s1. The molecule has 254 valence electrons. The number of hydrogen-bond acceptors (Lipinski definition) is 9. The number of nitrogens with two attached hydrogens (primary N) is 2. The van der Waals surface area contributed by atoms with Crippen LogP contribution >= 0.6 is 12.4 Å². The van der Waals surface area contributed by atoms with Crippen LogP contribution < -0.4 is 21.7 Å². The number of anilines is 1. The number of rotatable bonds is 12. The van der Waals surface area contributed by atoms with Crippen LogP contribution in [0.15, 0.2) is 60.7 Å². The van der Waals surface area contributed by atoms with Crippen LogP contribution in [-0.4, -0.2) is 73.7 Å². The van der Waals surface area contributed by atoms with E-state index in [1.54, 1.807) is 42.2 Å². The fourth-order valence-corrected chi connectivity index (χ4v) is 6.06. The molecule has 0 bridgehead atoms. The summed E-state index contributed by atoms with van der Waals surface area (Å²) in [7, 11) is 0. The van der Waals surface area contributed by atoms with Gasteiger partial charge in [-0.15, -0.1) is 22.6 Å². The number of nitrogens with one attached hydrogen (secondary N) is 2. The summed E-state index contributed by atoms with van der Waals surface area (Å²) in [5.74, 6) is -0.525. The van der Waals surface area contributed by atoms with Crippen LogP contribution in [-0.2, 0) is 16.0 Å². The Balaban J connectivity index is 0.00000520. The quantitative estimate of drug-likeness (QED) is 0.149. The molecule has 1 aliphatic rings. The van der Waals surface area contributed by atoms with Crippen molar-refractivity contribution in [2.24, 2.45) is 23.3 Å². The van der Waals surface area contributed by atoms with Gasteiger partial charge in [0.15, 0.2) is 0 Å². The van der Waals surface area contributed by atoms with Gasteiger partial charge in [0.2, 0.25) is 17.6 Å². The van der Waals surface area contributed by atoms with Crippen LogP contribution in [0.5, 0.6) is 0 Å². The monoisotopic (exact) mass is 675 g/mol. The number of carbonyl (C=O) groups is 3. The number of halogens is 1. The predicted molar refractivity (Wildman–Crippen MR) is 184 cm³/mol. The minimum atomic E-state index is -0.931. The molecule has 1 fully saturated rings. The molecule has 48 heavy (non-hydrogen) atoms. The Bertz CT molecular complexity index is 1680. The number of amides is 3. The van der Waals surface area contributed by atoms with E-state index < -0.39 is 11.9 Å². The number of carbonyl (C=O) groups excluding carboxylic acids is 3. The molecule has 1 aliphatic carbocycles. The second-order valence-electron chi connectivity index (χ2n) is 12.1. The molecule has 0 aliphatic heterocycles. The number of aliphatic hydroxyl groups is 1. The molecule has 2 heterocycles. The highest BCUT2D eigenvalue weighted by atomic mass is 35.5. The molecule has 3 amide bonds. The van der Waals surface area contributed by atoms with Gasteiger partial charge in [0.05, 0.1) is 6.61 Å². The largest absolute Gasteiger partial charge is 0.394 e. The number of primary amides is 1. The smallest absolute Gasteiger partial charge is 0.270 e. The van der Waals surface area contributed by atoms with Gasteiger partial charge in [0.1, 0.15) is 11.7 Å². The van der Waals surface area contributed by atoms with Crippen LogP contribution in [0.2, 0.25) is 0 Å². The van der Waals surface area contributed by atoms with Crippen LogP contribution in [0.4, 0.5) is 5.69 Å². The Labute approximate surface area is 285 Å². The summed E-state index contributed by atoms with van der Waals surface area (Å²) in [5.41, 5.74) is 16.7. The number of H-pyrrole nitrogens is 1. The van der Waals surface area contributed by atoms with Crippen LogP contribution in [0.1, 0.15) is 54.4 Å². The fourth-order valence-electron chi connectivity index (χ4n) is 6.06. The lowest BCUT2D eigenvalue weighted by molar-refractivity contribution is -0.127. The molecule has 0 radical (unpaired) electrons. The van der Waals surface area contributed by atoms with Crippen LogP contribution in [0, 0.1) is 18.8 Å². The van der Waals surface area contributed by atoms with Crippen molar-refractivity contribution in [2.45, 2.75) is 58.0 Å². The fraction of sp³-hybridized carbons (Fsp3) is 0.382. The maximum atomic E-state index is 14.2. The summed E-state index contributed by atoms with van der Waals surface area (Å²) < 4.78 is 0. The van der Waals surface area contributed by atoms with E-state index in [4.69, 9.17) is 11.5 Å².